The van der Waals surface area contributed by atoms with E-state index in [1.165, 1.54) is 9.80 Å². The predicted molar refractivity (Wildman–Crippen MR) is 99.0 cm³/mol. The molecule has 9 heteroatoms. The SMILES string of the molecule is C[C@@H](O)[C@H](NCC1CCC2(CNC2=O)N1C(=O)OC(C)(C)C)C(=O)N(C)C. The van der Waals surface area contributed by atoms with Gasteiger partial charge in [-0.2, -0.15) is 0 Å². The van der Waals surface area contributed by atoms with Crippen LogP contribution in [0.25, 0.3) is 0 Å². The molecule has 0 bridgehead atoms. The fourth-order valence-electron chi connectivity index (χ4n) is 3.60. The highest BCUT2D eigenvalue weighted by Crippen LogP contribution is 2.38. The van der Waals surface area contributed by atoms with Crippen LogP contribution in [0.3, 0.4) is 0 Å². The Kier molecular flexibility index (Phi) is 6.06. The summed E-state index contributed by atoms with van der Waals surface area (Å²) in [6.07, 6.45) is -0.264. The maximum atomic E-state index is 12.8. The average Bonchev–Trinajstić information content (AvgIpc) is 2.93. The zero-order chi connectivity index (χ0) is 20.6. The minimum absolute atomic E-state index is 0.174. The van der Waals surface area contributed by atoms with E-state index >= 15 is 0 Å². The topological polar surface area (TPSA) is 111 Å². The second-order valence-corrected chi connectivity index (χ2v) is 8.62. The van der Waals surface area contributed by atoms with Crippen molar-refractivity contribution >= 4 is 17.9 Å². The number of rotatable bonds is 5. The summed E-state index contributed by atoms with van der Waals surface area (Å²) in [7, 11) is 3.24. The quantitative estimate of drug-likeness (QED) is 0.561. The van der Waals surface area contributed by atoms with Crippen LogP contribution in [0.4, 0.5) is 4.79 Å². The van der Waals surface area contributed by atoms with Crippen molar-refractivity contribution in [3.8, 4) is 0 Å². The molecular weight excluding hydrogens is 352 g/mol. The Balaban J connectivity index is 2.15. The third-order valence-corrected chi connectivity index (χ3v) is 5.03. The van der Waals surface area contributed by atoms with Gasteiger partial charge in [0.25, 0.3) is 0 Å². The van der Waals surface area contributed by atoms with E-state index in [4.69, 9.17) is 4.74 Å². The molecular formula is C18H32N4O5. The van der Waals surface area contributed by atoms with Gasteiger partial charge < -0.3 is 25.4 Å². The molecule has 2 aliphatic heterocycles. The lowest BCUT2D eigenvalue weighted by Crippen LogP contribution is -2.73. The van der Waals surface area contributed by atoms with Crippen LogP contribution in [0.2, 0.25) is 0 Å². The largest absolute Gasteiger partial charge is 0.444 e. The molecule has 0 aliphatic carbocycles. The van der Waals surface area contributed by atoms with E-state index in [9.17, 15) is 19.5 Å². The zero-order valence-corrected chi connectivity index (χ0v) is 17.0. The first-order valence-electron chi connectivity index (χ1n) is 9.32. The van der Waals surface area contributed by atoms with Gasteiger partial charge in [-0.15, -0.1) is 0 Å². The molecule has 0 aromatic heterocycles. The standard InChI is InChI=1S/C18H32N4O5/c1-11(23)13(14(24)21(5)6)19-9-12-7-8-18(10-20-15(18)25)22(12)16(26)27-17(2,3)4/h11-13,19,23H,7-10H2,1-6H3,(H,20,25)/t11-,12?,13+,18?/m1/s1. The van der Waals surface area contributed by atoms with Crippen molar-refractivity contribution in [2.75, 3.05) is 27.2 Å². The molecule has 3 N–H and O–H groups in total. The fraction of sp³-hybridized carbons (Fsp3) is 0.833. The summed E-state index contributed by atoms with van der Waals surface area (Å²) in [5.41, 5.74) is -1.55. The number of aliphatic hydroxyl groups is 1. The number of nitrogens with zero attached hydrogens (tertiary/aromatic N) is 2. The zero-order valence-electron chi connectivity index (χ0n) is 17.0. The van der Waals surface area contributed by atoms with Crippen LogP contribution in [0.1, 0.15) is 40.5 Å². The molecule has 2 saturated heterocycles. The fourth-order valence-corrected chi connectivity index (χ4v) is 3.60. The third kappa shape index (κ3) is 4.35. The lowest BCUT2D eigenvalue weighted by molar-refractivity contribution is -0.142. The minimum atomic E-state index is -0.891. The van der Waals surface area contributed by atoms with Gasteiger partial charge in [0.2, 0.25) is 11.8 Å². The maximum absolute atomic E-state index is 12.8. The summed E-state index contributed by atoms with van der Waals surface area (Å²) in [6.45, 7) is 7.56. The second kappa shape index (κ2) is 7.63. The summed E-state index contributed by atoms with van der Waals surface area (Å²) >= 11 is 0. The molecule has 3 amide bonds. The Labute approximate surface area is 160 Å². The van der Waals surface area contributed by atoms with Crippen LogP contribution in [0, 0.1) is 0 Å². The van der Waals surface area contributed by atoms with Crippen molar-refractivity contribution in [1.82, 2.24) is 20.4 Å². The van der Waals surface area contributed by atoms with Crippen LogP contribution in [-0.2, 0) is 14.3 Å². The van der Waals surface area contributed by atoms with Crippen molar-refractivity contribution in [3.05, 3.63) is 0 Å². The number of carbonyl (C=O) groups is 3. The van der Waals surface area contributed by atoms with Gasteiger partial charge in [-0.3, -0.25) is 14.5 Å². The normalized spacial score (nSPS) is 27.0. The number of hydrogen-bond acceptors (Lipinski definition) is 6. The summed E-state index contributed by atoms with van der Waals surface area (Å²) in [5, 5.41) is 15.7. The molecule has 0 aromatic rings. The van der Waals surface area contributed by atoms with Gasteiger partial charge in [0.15, 0.2) is 0 Å². The van der Waals surface area contributed by atoms with Crippen molar-refractivity contribution in [2.45, 2.75) is 69.9 Å². The number of likely N-dealkylation sites (tertiary alicyclic amines) is 1. The molecule has 2 fully saturated rings. The minimum Gasteiger partial charge on any atom is -0.444 e. The smallest absolute Gasteiger partial charge is 0.411 e. The van der Waals surface area contributed by atoms with Crippen molar-refractivity contribution in [3.63, 3.8) is 0 Å². The molecule has 2 heterocycles. The first-order chi connectivity index (χ1) is 12.4. The Morgan fingerprint density at radius 3 is 2.48 bits per heavy atom. The molecule has 27 heavy (non-hydrogen) atoms. The molecule has 1 spiro atoms. The Bertz CT molecular complexity index is 601. The Morgan fingerprint density at radius 2 is 2.07 bits per heavy atom. The number of ether oxygens (including phenoxy) is 1. The number of aliphatic hydroxyl groups excluding tert-OH is 1. The van der Waals surface area contributed by atoms with E-state index in [1.807, 2.05) is 0 Å². The van der Waals surface area contributed by atoms with E-state index < -0.39 is 29.4 Å². The van der Waals surface area contributed by atoms with Crippen LogP contribution >= 0.6 is 0 Å². The second-order valence-electron chi connectivity index (χ2n) is 8.62. The summed E-state index contributed by atoms with van der Waals surface area (Å²) in [4.78, 5) is 40.3. The predicted octanol–water partition coefficient (Wildman–Crippen LogP) is -0.318. The van der Waals surface area contributed by atoms with E-state index in [0.29, 0.717) is 19.4 Å². The first-order valence-corrected chi connectivity index (χ1v) is 9.32. The third-order valence-electron chi connectivity index (χ3n) is 5.03. The molecule has 4 atom stereocenters. The van der Waals surface area contributed by atoms with Crippen LogP contribution in [0.15, 0.2) is 0 Å². The van der Waals surface area contributed by atoms with Gasteiger partial charge in [0.05, 0.1) is 12.6 Å². The van der Waals surface area contributed by atoms with Gasteiger partial charge in [0.1, 0.15) is 17.2 Å². The highest BCUT2D eigenvalue weighted by Gasteiger charge is 2.59. The van der Waals surface area contributed by atoms with E-state index in [0.717, 1.165) is 0 Å². The molecule has 9 nitrogen and oxygen atoms in total. The highest BCUT2D eigenvalue weighted by atomic mass is 16.6. The van der Waals surface area contributed by atoms with E-state index in [-0.39, 0.29) is 24.4 Å². The lowest BCUT2D eigenvalue weighted by Gasteiger charge is -2.46. The lowest BCUT2D eigenvalue weighted by atomic mass is 9.88. The van der Waals surface area contributed by atoms with Gasteiger partial charge >= 0.3 is 6.09 Å². The van der Waals surface area contributed by atoms with Crippen molar-refractivity contribution in [2.24, 2.45) is 0 Å². The summed E-state index contributed by atoms with van der Waals surface area (Å²) in [6, 6.07) is -1.09. The van der Waals surface area contributed by atoms with Gasteiger partial charge in [0, 0.05) is 26.7 Å². The number of amides is 3. The van der Waals surface area contributed by atoms with Crippen LogP contribution in [0.5, 0.6) is 0 Å². The average molecular weight is 384 g/mol. The number of β-lactam (4-membered cyclic amide) rings is 1. The van der Waals surface area contributed by atoms with Gasteiger partial charge in [-0.05, 0) is 40.5 Å². The number of carbonyl (C=O) groups excluding carboxylic acids is 3. The number of hydrogen-bond donors (Lipinski definition) is 3. The molecule has 2 aliphatic rings. The molecule has 0 aromatic carbocycles. The molecule has 0 radical (unpaired) electrons. The van der Waals surface area contributed by atoms with Crippen LogP contribution in [-0.4, -0.2) is 89.3 Å². The molecule has 0 saturated carbocycles. The number of likely N-dealkylation sites (N-methyl/N-ethyl adjacent to an activating group) is 1. The van der Waals surface area contributed by atoms with Gasteiger partial charge in [-0.25, -0.2) is 4.79 Å². The molecule has 2 rings (SSSR count). The highest BCUT2D eigenvalue weighted by molar-refractivity contribution is 5.96. The number of nitrogens with one attached hydrogen (secondary N) is 2. The first kappa shape index (κ1) is 21.4. The Hall–Kier alpha value is -1.87. The van der Waals surface area contributed by atoms with Gasteiger partial charge in [-0.1, -0.05) is 0 Å². The monoisotopic (exact) mass is 384 g/mol. The maximum Gasteiger partial charge on any atom is 0.411 e. The van der Waals surface area contributed by atoms with Crippen LogP contribution < -0.4 is 10.6 Å². The van der Waals surface area contributed by atoms with Crippen molar-refractivity contribution < 1.29 is 24.2 Å². The molecule has 154 valence electrons. The van der Waals surface area contributed by atoms with E-state index in [2.05, 4.69) is 10.6 Å². The summed E-state index contributed by atoms with van der Waals surface area (Å²) in [5.74, 6) is -0.421. The Morgan fingerprint density at radius 1 is 1.44 bits per heavy atom. The summed E-state index contributed by atoms with van der Waals surface area (Å²) < 4.78 is 5.53. The van der Waals surface area contributed by atoms with E-state index in [1.54, 1.807) is 41.8 Å². The van der Waals surface area contributed by atoms with Crippen molar-refractivity contribution in [1.29, 1.82) is 0 Å². The molecule has 2 unspecified atom stereocenters.